The van der Waals surface area contributed by atoms with Crippen molar-refractivity contribution >= 4 is 17.6 Å². The largest absolute Gasteiger partial charge is 1.00 e. The van der Waals surface area contributed by atoms with Crippen LogP contribution in [0, 0.1) is 0 Å². The van der Waals surface area contributed by atoms with E-state index in [1.165, 1.54) is 11.1 Å². The topological polar surface area (TPSA) is 29.5 Å². The van der Waals surface area contributed by atoms with Crippen LogP contribution < -0.4 is 12.4 Å². The Kier molecular flexibility index (Phi) is 8.32. The zero-order valence-electron chi connectivity index (χ0n) is 18.2. The van der Waals surface area contributed by atoms with Crippen molar-refractivity contribution in [2.75, 3.05) is 40.0 Å². The highest BCUT2D eigenvalue weighted by atomic mass is 35.5. The van der Waals surface area contributed by atoms with Gasteiger partial charge in [0, 0.05) is 18.1 Å². The van der Waals surface area contributed by atoms with Crippen LogP contribution in [0.25, 0.3) is 0 Å². The number of carbonyl (C=O) groups is 1. The third-order valence-corrected chi connectivity index (χ3v) is 6.29. The summed E-state index contributed by atoms with van der Waals surface area (Å²) in [4.78, 5) is 14.9. The Labute approximate surface area is 201 Å². The van der Waals surface area contributed by atoms with Crippen LogP contribution >= 0.6 is 11.6 Å². The molecule has 1 atom stereocenters. The summed E-state index contributed by atoms with van der Waals surface area (Å²) in [6, 6.07) is 28.1. The highest BCUT2D eigenvalue weighted by Gasteiger charge is 2.34. The maximum absolute atomic E-state index is 12.3. The van der Waals surface area contributed by atoms with E-state index in [0.29, 0.717) is 12.3 Å². The molecule has 1 aliphatic rings. The van der Waals surface area contributed by atoms with Crippen LogP contribution in [-0.4, -0.2) is 55.3 Å². The number of quaternary nitrogens is 1. The molecule has 0 bridgehead atoms. The molecule has 1 unspecified atom stereocenters. The van der Waals surface area contributed by atoms with Gasteiger partial charge in [-0.25, -0.2) is 4.79 Å². The smallest absolute Gasteiger partial charge is 0.342 e. The van der Waals surface area contributed by atoms with Gasteiger partial charge in [0.1, 0.15) is 0 Å². The fourth-order valence-electron chi connectivity index (χ4n) is 4.12. The summed E-state index contributed by atoms with van der Waals surface area (Å²) in [5, 5.41) is 0.749. The average molecular weight is 471 g/mol. The summed E-state index contributed by atoms with van der Waals surface area (Å²) in [7, 11) is 2.16. The molecule has 3 aromatic rings. The molecular formula is C26H28Cl2N2O2. The molecule has 1 aliphatic heterocycles. The predicted molar refractivity (Wildman–Crippen MR) is 124 cm³/mol. The quantitative estimate of drug-likeness (QED) is 0.407. The van der Waals surface area contributed by atoms with Crippen molar-refractivity contribution in [1.29, 1.82) is 0 Å². The average Bonchev–Trinajstić information content (AvgIpc) is 2.82. The van der Waals surface area contributed by atoms with E-state index in [1.807, 2.05) is 36.4 Å². The lowest BCUT2D eigenvalue weighted by Crippen LogP contribution is -3.00. The van der Waals surface area contributed by atoms with Gasteiger partial charge in [-0.2, -0.15) is 0 Å². The molecule has 1 saturated heterocycles. The molecule has 1 heterocycles. The highest BCUT2D eigenvalue weighted by molar-refractivity contribution is 6.30. The number of nitrogens with zero attached hydrogens (tertiary/aromatic N) is 2. The van der Waals surface area contributed by atoms with Gasteiger partial charge in [0.25, 0.3) is 0 Å². The van der Waals surface area contributed by atoms with Crippen LogP contribution in [0.5, 0.6) is 0 Å². The summed E-state index contributed by atoms with van der Waals surface area (Å²) in [5.74, 6) is -0.259. The van der Waals surface area contributed by atoms with Crippen molar-refractivity contribution in [3.63, 3.8) is 0 Å². The van der Waals surface area contributed by atoms with E-state index in [1.54, 1.807) is 12.1 Å². The van der Waals surface area contributed by atoms with Crippen LogP contribution in [0.1, 0.15) is 27.5 Å². The Bertz CT molecular complexity index is 989. The number of esters is 1. The van der Waals surface area contributed by atoms with E-state index in [4.69, 9.17) is 16.3 Å². The molecule has 0 saturated carbocycles. The number of hydrogen-bond acceptors (Lipinski definition) is 3. The number of likely N-dealkylation sites (N-methyl/N-ethyl adjacent to an activating group) is 1. The first-order valence-electron chi connectivity index (χ1n) is 10.6. The number of ether oxygens (including phenoxy) is 1. The second-order valence-electron chi connectivity index (χ2n) is 8.39. The van der Waals surface area contributed by atoms with E-state index in [9.17, 15) is 4.79 Å². The number of piperazine rings is 1. The first-order valence-corrected chi connectivity index (χ1v) is 11.0. The first-order chi connectivity index (χ1) is 15.0. The fourth-order valence-corrected chi connectivity index (χ4v) is 4.24. The van der Waals surface area contributed by atoms with Gasteiger partial charge in [-0.1, -0.05) is 72.3 Å². The molecule has 3 aromatic carbocycles. The summed E-state index contributed by atoms with van der Waals surface area (Å²) >= 11 is 6.13. The summed E-state index contributed by atoms with van der Waals surface area (Å²) in [5.41, 5.74) is 3.11. The SMILES string of the molecule is C[N+]1(COC(=O)c2ccccc2)CCN(C(c2ccccc2)c2ccc(Cl)cc2)CC1.[Cl-]. The number of carbonyl (C=O) groups excluding carboxylic acids is 1. The van der Waals surface area contributed by atoms with Crippen molar-refractivity contribution < 1.29 is 26.4 Å². The third kappa shape index (κ3) is 5.90. The number of rotatable bonds is 6. The van der Waals surface area contributed by atoms with Crippen molar-refractivity contribution in [3.05, 3.63) is 107 Å². The van der Waals surface area contributed by atoms with E-state index in [0.717, 1.165) is 35.7 Å². The lowest BCUT2D eigenvalue weighted by atomic mass is 9.96. The molecule has 0 radical (unpaired) electrons. The molecule has 4 rings (SSSR count). The summed E-state index contributed by atoms with van der Waals surface area (Å²) in [6.07, 6.45) is 0. The lowest BCUT2D eigenvalue weighted by molar-refractivity contribution is -0.929. The van der Waals surface area contributed by atoms with Crippen LogP contribution in [0.3, 0.4) is 0 Å². The number of benzene rings is 3. The zero-order chi connectivity index (χ0) is 21.7. The van der Waals surface area contributed by atoms with Crippen molar-refractivity contribution in [3.8, 4) is 0 Å². The van der Waals surface area contributed by atoms with Gasteiger partial charge < -0.3 is 17.1 Å². The van der Waals surface area contributed by atoms with Gasteiger partial charge in [-0.3, -0.25) is 9.38 Å². The minimum Gasteiger partial charge on any atom is -1.00 e. The van der Waals surface area contributed by atoms with Crippen molar-refractivity contribution in [2.45, 2.75) is 6.04 Å². The third-order valence-electron chi connectivity index (χ3n) is 6.04. The molecular weight excluding hydrogens is 443 g/mol. The van der Waals surface area contributed by atoms with Crippen LogP contribution in [0.4, 0.5) is 0 Å². The first kappa shape index (κ1) is 24.3. The normalized spacial score (nSPS) is 16.6. The van der Waals surface area contributed by atoms with Crippen LogP contribution in [-0.2, 0) is 4.74 Å². The second kappa shape index (κ2) is 11.0. The molecule has 0 amide bonds. The minimum atomic E-state index is -0.259. The minimum absolute atomic E-state index is 0. The molecule has 0 aliphatic carbocycles. The second-order valence-corrected chi connectivity index (χ2v) is 8.83. The molecule has 0 aromatic heterocycles. The van der Waals surface area contributed by atoms with Gasteiger partial charge in [0.15, 0.2) is 0 Å². The standard InChI is InChI=1S/C26H28ClN2O2.ClH/c1-29(20-31-26(30)23-10-6-3-7-11-23)18-16-28(17-19-29)25(21-8-4-2-5-9-21)22-12-14-24(27)15-13-22;/h2-15,25H,16-20H2,1H3;1H/q+1;/p-1. The van der Waals surface area contributed by atoms with E-state index < -0.39 is 0 Å². The van der Waals surface area contributed by atoms with Crippen molar-refractivity contribution in [2.24, 2.45) is 0 Å². The highest BCUT2D eigenvalue weighted by Crippen LogP contribution is 2.31. The summed E-state index contributed by atoms with van der Waals surface area (Å²) in [6.45, 7) is 4.06. The Morgan fingerprint density at radius 2 is 1.44 bits per heavy atom. The zero-order valence-corrected chi connectivity index (χ0v) is 19.7. The molecule has 1 fully saturated rings. The molecule has 0 N–H and O–H groups in total. The molecule has 4 nitrogen and oxygen atoms in total. The molecule has 6 heteroatoms. The molecule has 0 spiro atoms. The van der Waals surface area contributed by atoms with Crippen LogP contribution in [0.2, 0.25) is 5.02 Å². The molecule has 168 valence electrons. The lowest BCUT2D eigenvalue weighted by Gasteiger charge is -2.44. The summed E-state index contributed by atoms with van der Waals surface area (Å²) < 4.78 is 6.37. The van der Waals surface area contributed by atoms with Gasteiger partial charge in [-0.05, 0) is 35.4 Å². The Hall–Kier alpha value is -2.37. The van der Waals surface area contributed by atoms with Gasteiger partial charge >= 0.3 is 5.97 Å². The fraction of sp³-hybridized carbons (Fsp3) is 0.269. The van der Waals surface area contributed by atoms with E-state index in [2.05, 4.69) is 48.3 Å². The maximum atomic E-state index is 12.3. The van der Waals surface area contributed by atoms with Crippen molar-refractivity contribution in [1.82, 2.24) is 4.90 Å². The number of halogens is 2. The number of hydrogen-bond donors (Lipinski definition) is 0. The van der Waals surface area contributed by atoms with Gasteiger partial charge in [-0.15, -0.1) is 0 Å². The monoisotopic (exact) mass is 470 g/mol. The van der Waals surface area contributed by atoms with Gasteiger partial charge in [0.2, 0.25) is 6.73 Å². The van der Waals surface area contributed by atoms with Gasteiger partial charge in [0.05, 0.1) is 31.7 Å². The Morgan fingerprint density at radius 3 is 2.03 bits per heavy atom. The molecule has 32 heavy (non-hydrogen) atoms. The van der Waals surface area contributed by atoms with Crippen LogP contribution in [0.15, 0.2) is 84.9 Å². The van der Waals surface area contributed by atoms with E-state index >= 15 is 0 Å². The Balaban J connectivity index is 0.00000289. The Morgan fingerprint density at radius 1 is 0.906 bits per heavy atom. The maximum Gasteiger partial charge on any atom is 0.342 e. The van der Waals surface area contributed by atoms with E-state index in [-0.39, 0.29) is 24.4 Å². The predicted octanol–water partition coefficient (Wildman–Crippen LogP) is 2.01.